The number of rotatable bonds is 48. The maximum atomic E-state index is 12.7. The molecule has 0 aromatic carbocycles. The third kappa shape index (κ3) is 46.6. The lowest BCUT2D eigenvalue weighted by Crippen LogP contribution is -2.37. The largest absolute Gasteiger partial charge is 0.472 e. The first kappa shape index (κ1) is 57.5. The Morgan fingerprint density at radius 1 is 0.466 bits per heavy atom. The summed E-state index contributed by atoms with van der Waals surface area (Å²) >= 11 is 0. The van der Waals surface area contributed by atoms with Crippen LogP contribution >= 0.6 is 7.82 Å². The minimum absolute atomic E-state index is 0.0941. The maximum Gasteiger partial charge on any atom is 0.472 e. The van der Waals surface area contributed by atoms with Crippen LogP contribution in [0.1, 0.15) is 251 Å². The predicted molar refractivity (Wildman–Crippen MR) is 248 cm³/mol. The Balaban J connectivity index is 4.08. The van der Waals surface area contributed by atoms with Crippen molar-refractivity contribution in [3.05, 3.63) is 0 Å². The fourth-order valence-electron chi connectivity index (χ4n) is 7.50. The highest BCUT2D eigenvalue weighted by Crippen LogP contribution is 2.43. The zero-order valence-corrected chi connectivity index (χ0v) is 40.5. The molecule has 0 spiro atoms. The van der Waals surface area contributed by atoms with E-state index in [9.17, 15) is 14.3 Å². The smallest absolute Gasteiger partial charge is 0.457 e. The molecule has 0 aliphatic heterocycles. The van der Waals surface area contributed by atoms with Crippen LogP contribution in [0.3, 0.4) is 0 Å². The van der Waals surface area contributed by atoms with E-state index in [1.807, 2.05) is 21.1 Å². The van der Waals surface area contributed by atoms with E-state index in [2.05, 4.69) is 13.8 Å². The third-order valence-corrected chi connectivity index (χ3v) is 12.4. The van der Waals surface area contributed by atoms with Crippen molar-refractivity contribution in [3.63, 3.8) is 0 Å². The number of hydrogen-bond donors (Lipinski definition) is 1. The second kappa shape index (κ2) is 43.2. The number of carbonyl (C=O) groups excluding carboxylic acids is 1. The van der Waals surface area contributed by atoms with E-state index in [4.69, 9.17) is 18.5 Å². The van der Waals surface area contributed by atoms with Crippen LogP contribution in [0, 0.1) is 0 Å². The molecule has 2 unspecified atom stereocenters. The van der Waals surface area contributed by atoms with E-state index in [0.29, 0.717) is 24.1 Å². The van der Waals surface area contributed by atoms with E-state index in [1.54, 1.807) is 0 Å². The Morgan fingerprint density at radius 3 is 1.14 bits per heavy atom. The first-order chi connectivity index (χ1) is 28.1. The zero-order chi connectivity index (χ0) is 42.7. The van der Waals surface area contributed by atoms with Crippen molar-refractivity contribution in [2.75, 3.05) is 54.1 Å². The highest BCUT2D eigenvalue weighted by Gasteiger charge is 2.26. The third-order valence-electron chi connectivity index (χ3n) is 11.4. The van der Waals surface area contributed by atoms with Crippen molar-refractivity contribution in [1.29, 1.82) is 0 Å². The molecular weight excluding hydrogens is 746 g/mol. The van der Waals surface area contributed by atoms with Crippen molar-refractivity contribution in [2.45, 2.75) is 258 Å². The van der Waals surface area contributed by atoms with E-state index in [1.165, 1.54) is 199 Å². The average molecular weight is 847 g/mol. The summed E-state index contributed by atoms with van der Waals surface area (Å²) in [4.78, 5) is 23.0. The number of unbranched alkanes of at least 4 members (excludes halogenated alkanes) is 34. The Bertz CT molecular complexity index is 899. The fraction of sp³-hybridized carbons (Fsp3) is 0.980. The van der Waals surface area contributed by atoms with Gasteiger partial charge in [0.05, 0.1) is 34.4 Å². The molecule has 348 valence electrons. The predicted octanol–water partition coefficient (Wildman–Crippen LogP) is 15.2. The van der Waals surface area contributed by atoms with Gasteiger partial charge in [-0.15, -0.1) is 0 Å². The molecule has 0 heterocycles. The van der Waals surface area contributed by atoms with Crippen molar-refractivity contribution in [1.82, 2.24) is 0 Å². The summed E-state index contributed by atoms with van der Waals surface area (Å²) in [7, 11) is 1.69. The van der Waals surface area contributed by atoms with Gasteiger partial charge in [-0.25, -0.2) is 4.57 Å². The average Bonchev–Trinajstić information content (AvgIpc) is 3.18. The number of likely N-dealkylation sites (N-methyl/N-ethyl adjacent to an activating group) is 1. The van der Waals surface area contributed by atoms with Gasteiger partial charge in [0, 0.05) is 13.0 Å². The first-order valence-corrected chi connectivity index (χ1v) is 26.8. The monoisotopic (exact) mass is 847 g/mol. The van der Waals surface area contributed by atoms with Crippen LogP contribution in [0.25, 0.3) is 0 Å². The highest BCUT2D eigenvalue weighted by atomic mass is 31.2. The molecule has 0 rings (SSSR count). The van der Waals surface area contributed by atoms with Crippen LogP contribution in [-0.2, 0) is 27.9 Å². The maximum absolute atomic E-state index is 12.7. The quantitative estimate of drug-likeness (QED) is 0.0282. The van der Waals surface area contributed by atoms with E-state index in [-0.39, 0.29) is 25.8 Å². The SMILES string of the molecule is CCCCCCCCCCCCCCCCCCCCCCCC(=O)OC(COCCCCCCCCCCCCCCCCC)COP(=O)(O)OCC[N+](C)(C)C. The molecule has 8 nitrogen and oxygen atoms in total. The van der Waals surface area contributed by atoms with Gasteiger partial charge in [0.2, 0.25) is 0 Å². The molecule has 0 aromatic heterocycles. The molecule has 1 N–H and O–H groups in total. The highest BCUT2D eigenvalue weighted by molar-refractivity contribution is 7.47. The summed E-state index contributed by atoms with van der Waals surface area (Å²) in [5.41, 5.74) is 0. The number of quaternary nitrogens is 1. The molecule has 0 aliphatic rings. The normalized spacial score (nSPS) is 13.6. The van der Waals surface area contributed by atoms with E-state index in [0.717, 1.165) is 32.1 Å². The van der Waals surface area contributed by atoms with Gasteiger partial charge in [-0.05, 0) is 12.8 Å². The lowest BCUT2D eigenvalue weighted by Gasteiger charge is -2.24. The van der Waals surface area contributed by atoms with Gasteiger partial charge >= 0.3 is 13.8 Å². The Morgan fingerprint density at radius 2 is 0.793 bits per heavy atom. The minimum atomic E-state index is -4.27. The molecule has 0 amide bonds. The molecule has 0 aliphatic carbocycles. The summed E-state index contributed by atoms with van der Waals surface area (Å²) in [6.07, 6.45) is 47.1. The van der Waals surface area contributed by atoms with Gasteiger partial charge in [-0.1, -0.05) is 232 Å². The van der Waals surface area contributed by atoms with E-state index < -0.39 is 13.9 Å². The number of hydrogen-bond acceptors (Lipinski definition) is 6. The molecule has 0 aromatic rings. The standard InChI is InChI=1S/C49H100NO7P/c1-6-8-10-12-14-16-18-20-22-23-24-25-26-27-28-30-32-34-36-38-40-42-49(51)57-48(47-56-58(52,53)55-45-43-50(3,4)5)46-54-44-41-39-37-35-33-31-29-21-19-17-15-13-11-9-7-2/h48H,6-47H2,1-5H3/p+1. The van der Waals surface area contributed by atoms with Crippen LogP contribution in [0.15, 0.2) is 0 Å². The van der Waals surface area contributed by atoms with Crippen LogP contribution in [-0.4, -0.2) is 75.6 Å². The first-order valence-electron chi connectivity index (χ1n) is 25.3. The van der Waals surface area contributed by atoms with Crippen molar-refractivity contribution < 1.29 is 37.3 Å². The van der Waals surface area contributed by atoms with Crippen LogP contribution in [0.5, 0.6) is 0 Å². The molecular formula is C49H101NO7P+. The van der Waals surface area contributed by atoms with Crippen LogP contribution in [0.4, 0.5) is 0 Å². The van der Waals surface area contributed by atoms with E-state index >= 15 is 0 Å². The van der Waals surface area contributed by atoms with Crippen molar-refractivity contribution in [3.8, 4) is 0 Å². The lowest BCUT2D eigenvalue weighted by molar-refractivity contribution is -0.870. The fourth-order valence-corrected chi connectivity index (χ4v) is 8.24. The number of esters is 1. The summed E-state index contributed by atoms with van der Waals surface area (Å²) in [5, 5.41) is 0. The van der Waals surface area contributed by atoms with Gasteiger partial charge in [0.1, 0.15) is 19.3 Å². The Kier molecular flexibility index (Phi) is 42.8. The number of nitrogens with zero attached hydrogens (tertiary/aromatic N) is 1. The number of phosphoric ester groups is 1. The second-order valence-corrected chi connectivity index (χ2v) is 20.0. The summed E-state index contributed by atoms with van der Waals surface area (Å²) in [6, 6.07) is 0. The van der Waals surface area contributed by atoms with Gasteiger partial charge in [0.15, 0.2) is 0 Å². The van der Waals surface area contributed by atoms with Crippen LogP contribution < -0.4 is 0 Å². The molecule has 9 heteroatoms. The molecule has 0 bridgehead atoms. The molecule has 0 radical (unpaired) electrons. The zero-order valence-electron chi connectivity index (χ0n) is 39.6. The number of phosphoric acid groups is 1. The molecule has 0 saturated heterocycles. The molecule has 0 saturated carbocycles. The van der Waals surface area contributed by atoms with Crippen molar-refractivity contribution in [2.24, 2.45) is 0 Å². The molecule has 2 atom stereocenters. The molecule has 0 fully saturated rings. The van der Waals surface area contributed by atoms with Gasteiger partial charge in [-0.2, -0.15) is 0 Å². The van der Waals surface area contributed by atoms with Gasteiger partial charge < -0.3 is 18.9 Å². The topological polar surface area (TPSA) is 91.3 Å². The Hall–Kier alpha value is -0.500. The van der Waals surface area contributed by atoms with Crippen LogP contribution in [0.2, 0.25) is 0 Å². The minimum Gasteiger partial charge on any atom is -0.457 e. The summed E-state index contributed by atoms with van der Waals surface area (Å²) < 4.78 is 35.1. The Labute approximate surface area is 361 Å². The summed E-state index contributed by atoms with van der Waals surface area (Å²) in [6.45, 7) is 5.70. The second-order valence-electron chi connectivity index (χ2n) is 18.6. The number of ether oxygens (including phenoxy) is 2. The molecule has 58 heavy (non-hydrogen) atoms. The lowest BCUT2D eigenvalue weighted by atomic mass is 10.0. The van der Waals surface area contributed by atoms with Crippen molar-refractivity contribution >= 4 is 13.8 Å². The number of carbonyl (C=O) groups is 1. The van der Waals surface area contributed by atoms with Gasteiger partial charge in [0.25, 0.3) is 0 Å². The summed E-state index contributed by atoms with van der Waals surface area (Å²) in [5.74, 6) is -0.305. The van der Waals surface area contributed by atoms with Gasteiger partial charge in [-0.3, -0.25) is 13.8 Å².